The molecule has 0 atom stereocenters. The first-order valence-corrected chi connectivity index (χ1v) is 10.5. The smallest absolute Gasteiger partial charge is 0.257 e. The summed E-state index contributed by atoms with van der Waals surface area (Å²) in [4.78, 5) is 13.5. The van der Waals surface area contributed by atoms with Gasteiger partial charge in [-0.1, -0.05) is 46.3 Å². The zero-order valence-electron chi connectivity index (χ0n) is 17.3. The molecule has 8 nitrogen and oxygen atoms in total. The van der Waals surface area contributed by atoms with Crippen LogP contribution < -0.4 is 10.7 Å². The first kappa shape index (κ1) is 20.7. The summed E-state index contributed by atoms with van der Waals surface area (Å²) in [5, 5.41) is 12.1. The number of nitrogens with zero attached hydrogens (tertiary/aromatic N) is 6. The number of aromatic nitrogens is 5. The van der Waals surface area contributed by atoms with E-state index < -0.39 is 0 Å². The largest absolute Gasteiger partial charge is 0.324 e. The molecule has 0 amide bonds. The van der Waals surface area contributed by atoms with Crippen LogP contribution in [-0.2, 0) is 0 Å². The molecule has 4 rings (SSSR count). The quantitative estimate of drug-likeness (QED) is 0.299. The molecule has 156 valence electrons. The van der Waals surface area contributed by atoms with E-state index in [2.05, 4.69) is 51.8 Å². The predicted molar refractivity (Wildman–Crippen MR) is 126 cm³/mol. The zero-order chi connectivity index (χ0) is 21.8. The second-order valence-corrected chi connectivity index (χ2v) is 7.84. The van der Waals surface area contributed by atoms with Gasteiger partial charge in [0.05, 0.1) is 11.4 Å². The first-order valence-electron chi connectivity index (χ1n) is 9.66. The molecule has 0 spiro atoms. The Morgan fingerprint density at radius 3 is 2.32 bits per heavy atom. The molecule has 31 heavy (non-hydrogen) atoms. The number of halogens is 1. The number of hydrazone groups is 1. The SMILES string of the molecule is CC(=NNc1nc(Nc2ccc(Br)cc2)nc(-n2nc(C)cc2C)n1)c1ccccc1. The van der Waals surface area contributed by atoms with Gasteiger partial charge in [-0.15, -0.1) is 0 Å². The van der Waals surface area contributed by atoms with Crippen molar-refractivity contribution in [1.82, 2.24) is 24.7 Å². The molecule has 0 aliphatic carbocycles. The van der Waals surface area contributed by atoms with Crippen LogP contribution in [0.15, 0.2) is 70.2 Å². The van der Waals surface area contributed by atoms with Crippen molar-refractivity contribution in [2.24, 2.45) is 5.10 Å². The maximum atomic E-state index is 4.55. The summed E-state index contributed by atoms with van der Waals surface area (Å²) in [5.41, 5.74) is 7.43. The Balaban J connectivity index is 1.68. The van der Waals surface area contributed by atoms with Gasteiger partial charge in [-0.25, -0.2) is 10.1 Å². The molecular weight excluding hydrogens is 456 g/mol. The number of benzene rings is 2. The van der Waals surface area contributed by atoms with Crippen molar-refractivity contribution >= 4 is 39.2 Å². The van der Waals surface area contributed by atoms with Gasteiger partial charge in [-0.05, 0) is 56.7 Å². The average molecular weight is 477 g/mol. The highest BCUT2D eigenvalue weighted by Gasteiger charge is 2.12. The summed E-state index contributed by atoms with van der Waals surface area (Å²) in [5.74, 6) is 1.10. The van der Waals surface area contributed by atoms with E-state index in [1.54, 1.807) is 4.68 Å². The first-order chi connectivity index (χ1) is 15.0. The van der Waals surface area contributed by atoms with Crippen molar-refractivity contribution in [2.45, 2.75) is 20.8 Å². The third-order valence-corrected chi connectivity index (χ3v) is 4.97. The lowest BCUT2D eigenvalue weighted by Crippen LogP contribution is -2.11. The molecule has 0 aliphatic heterocycles. The molecule has 9 heteroatoms. The van der Waals surface area contributed by atoms with Gasteiger partial charge in [-0.3, -0.25) is 0 Å². The van der Waals surface area contributed by atoms with E-state index in [1.165, 1.54) is 0 Å². The number of aryl methyl sites for hydroxylation is 2. The van der Waals surface area contributed by atoms with Crippen molar-refractivity contribution in [1.29, 1.82) is 0 Å². The molecule has 2 aromatic carbocycles. The molecule has 2 N–H and O–H groups in total. The molecule has 2 heterocycles. The lowest BCUT2D eigenvalue weighted by Gasteiger charge is -2.10. The molecule has 0 bridgehead atoms. The molecule has 0 fully saturated rings. The van der Waals surface area contributed by atoms with E-state index >= 15 is 0 Å². The zero-order valence-corrected chi connectivity index (χ0v) is 18.9. The van der Waals surface area contributed by atoms with Crippen LogP contribution in [0.4, 0.5) is 17.6 Å². The fourth-order valence-corrected chi connectivity index (χ4v) is 3.20. The molecule has 4 aromatic rings. The summed E-state index contributed by atoms with van der Waals surface area (Å²) in [6.07, 6.45) is 0. The van der Waals surface area contributed by atoms with E-state index in [1.807, 2.05) is 81.4 Å². The maximum Gasteiger partial charge on any atom is 0.257 e. The Bertz CT molecular complexity index is 1220. The Kier molecular flexibility index (Phi) is 6.03. The lowest BCUT2D eigenvalue weighted by molar-refractivity contribution is 0.767. The highest BCUT2D eigenvalue weighted by Crippen LogP contribution is 2.19. The van der Waals surface area contributed by atoms with E-state index in [-0.39, 0.29) is 0 Å². The number of rotatable bonds is 6. The minimum Gasteiger partial charge on any atom is -0.324 e. The highest BCUT2D eigenvalue weighted by molar-refractivity contribution is 9.10. The molecule has 0 unspecified atom stereocenters. The van der Waals surface area contributed by atoms with E-state index in [0.717, 1.165) is 32.8 Å². The molecule has 0 saturated heterocycles. The highest BCUT2D eigenvalue weighted by atomic mass is 79.9. The normalized spacial score (nSPS) is 11.4. The monoisotopic (exact) mass is 476 g/mol. The van der Waals surface area contributed by atoms with Crippen molar-refractivity contribution in [3.8, 4) is 5.95 Å². The topological polar surface area (TPSA) is 92.9 Å². The van der Waals surface area contributed by atoms with Gasteiger partial charge in [0.25, 0.3) is 5.95 Å². The van der Waals surface area contributed by atoms with Crippen LogP contribution in [0.5, 0.6) is 0 Å². The predicted octanol–water partition coefficient (Wildman–Crippen LogP) is 5.02. The molecule has 0 aliphatic rings. The molecule has 0 radical (unpaired) electrons. The third-order valence-electron chi connectivity index (χ3n) is 4.44. The second-order valence-electron chi connectivity index (χ2n) is 6.93. The van der Waals surface area contributed by atoms with Crippen molar-refractivity contribution in [3.05, 3.63) is 82.1 Å². The molecule has 2 aromatic heterocycles. The van der Waals surface area contributed by atoms with E-state index in [9.17, 15) is 0 Å². The van der Waals surface area contributed by atoms with E-state index in [0.29, 0.717) is 17.8 Å². The summed E-state index contributed by atoms with van der Waals surface area (Å²) in [6, 6.07) is 19.6. The standard InChI is InChI=1S/C22H21BrN8/c1-14-13-15(2)31(30-14)22-26-20(24-19-11-9-18(23)10-12-19)25-21(27-22)29-28-16(3)17-7-5-4-6-8-17/h4-13H,1-3H3,(H2,24,25,26,27,29). The van der Waals surface area contributed by atoms with Gasteiger partial charge in [0.1, 0.15) is 0 Å². The van der Waals surface area contributed by atoms with Crippen LogP contribution in [0.25, 0.3) is 5.95 Å². The number of hydrogen-bond donors (Lipinski definition) is 2. The minimum absolute atomic E-state index is 0.312. The van der Waals surface area contributed by atoms with E-state index in [4.69, 9.17) is 0 Å². The van der Waals surface area contributed by atoms with Crippen molar-refractivity contribution < 1.29 is 0 Å². The Hall–Kier alpha value is -3.59. The van der Waals surface area contributed by atoms with Gasteiger partial charge in [0, 0.05) is 15.9 Å². The summed E-state index contributed by atoms with van der Waals surface area (Å²) >= 11 is 3.44. The molecule has 0 saturated carbocycles. The second kappa shape index (κ2) is 9.05. The molecular formula is C22H21BrN8. The van der Waals surface area contributed by atoms with Crippen LogP contribution in [0.1, 0.15) is 23.9 Å². The summed E-state index contributed by atoms with van der Waals surface area (Å²) in [6.45, 7) is 5.81. The summed E-state index contributed by atoms with van der Waals surface area (Å²) in [7, 11) is 0. The number of nitrogens with one attached hydrogen (secondary N) is 2. The van der Waals surface area contributed by atoms with Crippen LogP contribution >= 0.6 is 15.9 Å². The number of anilines is 3. The van der Waals surface area contributed by atoms with Crippen LogP contribution in [0.2, 0.25) is 0 Å². The minimum atomic E-state index is 0.312. The number of hydrogen-bond acceptors (Lipinski definition) is 7. The van der Waals surface area contributed by atoms with Crippen LogP contribution in [-0.4, -0.2) is 30.4 Å². The summed E-state index contributed by atoms with van der Waals surface area (Å²) < 4.78 is 2.67. The fraction of sp³-hybridized carbons (Fsp3) is 0.136. The van der Waals surface area contributed by atoms with Gasteiger partial charge < -0.3 is 5.32 Å². The van der Waals surface area contributed by atoms with Gasteiger partial charge in [0.15, 0.2) is 0 Å². The Morgan fingerprint density at radius 1 is 0.935 bits per heavy atom. The lowest BCUT2D eigenvalue weighted by atomic mass is 10.1. The fourth-order valence-electron chi connectivity index (χ4n) is 2.94. The van der Waals surface area contributed by atoms with Gasteiger partial charge in [-0.2, -0.15) is 25.2 Å². The van der Waals surface area contributed by atoms with Gasteiger partial charge >= 0.3 is 0 Å². The van der Waals surface area contributed by atoms with Crippen molar-refractivity contribution in [3.63, 3.8) is 0 Å². The van der Waals surface area contributed by atoms with Crippen molar-refractivity contribution in [2.75, 3.05) is 10.7 Å². The Labute approximate surface area is 188 Å². The average Bonchev–Trinajstić information content (AvgIpc) is 3.12. The van der Waals surface area contributed by atoms with Gasteiger partial charge in [0.2, 0.25) is 11.9 Å². The van der Waals surface area contributed by atoms with Crippen LogP contribution in [0, 0.1) is 13.8 Å². The Morgan fingerprint density at radius 2 is 1.65 bits per heavy atom. The third kappa shape index (κ3) is 5.13. The van der Waals surface area contributed by atoms with Crippen LogP contribution in [0.3, 0.4) is 0 Å². The maximum absolute atomic E-state index is 4.55.